The SMILES string of the molecule is COc1ccc(/C(C#N)=C\C(=O)[O-])cc1F.[K+]. The molecule has 0 bridgehead atoms. The number of hydrogen-bond donors (Lipinski definition) is 0. The van der Waals surface area contributed by atoms with Crippen LogP contribution in [0.15, 0.2) is 24.3 Å². The molecule has 1 aromatic carbocycles. The zero-order chi connectivity index (χ0) is 12.1. The molecule has 0 spiro atoms. The van der Waals surface area contributed by atoms with Crippen LogP contribution in [0, 0.1) is 17.1 Å². The molecule has 0 atom stereocenters. The van der Waals surface area contributed by atoms with Gasteiger partial charge in [-0.3, -0.25) is 0 Å². The summed E-state index contributed by atoms with van der Waals surface area (Å²) in [7, 11) is 1.31. The monoisotopic (exact) mass is 259 g/mol. The molecule has 0 amide bonds. The molecule has 0 radical (unpaired) electrons. The number of halogens is 1. The van der Waals surface area contributed by atoms with Gasteiger partial charge in [-0.25, -0.2) is 4.39 Å². The Bertz CT molecular complexity index is 494. The molecule has 0 saturated heterocycles. The first kappa shape index (κ1) is 16.3. The summed E-state index contributed by atoms with van der Waals surface area (Å²) in [6.45, 7) is 0. The van der Waals surface area contributed by atoms with Crippen molar-refractivity contribution in [3.63, 3.8) is 0 Å². The van der Waals surface area contributed by atoms with Crippen molar-refractivity contribution in [2.24, 2.45) is 0 Å². The van der Waals surface area contributed by atoms with Gasteiger partial charge in [0.15, 0.2) is 11.6 Å². The van der Waals surface area contributed by atoms with E-state index in [0.717, 1.165) is 6.07 Å². The number of benzene rings is 1. The van der Waals surface area contributed by atoms with E-state index in [1.165, 1.54) is 19.2 Å². The first-order valence-electron chi connectivity index (χ1n) is 4.25. The summed E-state index contributed by atoms with van der Waals surface area (Å²) in [4.78, 5) is 10.3. The molecule has 1 aromatic rings. The minimum atomic E-state index is -1.51. The van der Waals surface area contributed by atoms with E-state index in [0.29, 0.717) is 6.08 Å². The Labute approximate surface area is 140 Å². The second-order valence-corrected chi connectivity index (χ2v) is 2.84. The Morgan fingerprint density at radius 2 is 2.24 bits per heavy atom. The number of nitriles is 1. The molecule has 6 heteroatoms. The Morgan fingerprint density at radius 3 is 2.65 bits per heavy atom. The number of hydrogen-bond acceptors (Lipinski definition) is 4. The third kappa shape index (κ3) is 4.58. The van der Waals surface area contributed by atoms with Crippen molar-refractivity contribution in [1.82, 2.24) is 0 Å². The number of nitrogens with zero attached hydrogens (tertiary/aromatic N) is 1. The zero-order valence-electron chi connectivity index (χ0n) is 9.36. The first-order chi connectivity index (χ1) is 7.58. The van der Waals surface area contributed by atoms with Gasteiger partial charge in [-0.1, -0.05) is 0 Å². The summed E-state index contributed by atoms with van der Waals surface area (Å²) >= 11 is 0. The fourth-order valence-electron chi connectivity index (χ4n) is 1.13. The minimum absolute atomic E-state index is 0. The minimum Gasteiger partial charge on any atom is -0.545 e. The van der Waals surface area contributed by atoms with Gasteiger partial charge in [0.25, 0.3) is 0 Å². The Balaban J connectivity index is 0.00000256. The van der Waals surface area contributed by atoms with Crippen LogP contribution in [0.5, 0.6) is 5.75 Å². The van der Waals surface area contributed by atoms with Gasteiger partial charge >= 0.3 is 51.4 Å². The van der Waals surface area contributed by atoms with Crippen LogP contribution >= 0.6 is 0 Å². The molecule has 82 valence electrons. The molecule has 0 aromatic heterocycles. The smallest absolute Gasteiger partial charge is 0.545 e. The molecule has 17 heavy (non-hydrogen) atoms. The maximum Gasteiger partial charge on any atom is 1.00 e. The molecule has 0 saturated carbocycles. The van der Waals surface area contributed by atoms with Crippen LogP contribution in [0.25, 0.3) is 5.57 Å². The summed E-state index contributed by atoms with van der Waals surface area (Å²) in [6, 6.07) is 5.37. The first-order valence-corrected chi connectivity index (χ1v) is 4.25. The summed E-state index contributed by atoms with van der Waals surface area (Å²) in [6.07, 6.45) is 0.612. The van der Waals surface area contributed by atoms with E-state index in [2.05, 4.69) is 4.74 Å². The molecule has 0 aliphatic heterocycles. The van der Waals surface area contributed by atoms with Crippen molar-refractivity contribution in [3.8, 4) is 11.8 Å². The maximum atomic E-state index is 13.3. The third-order valence-electron chi connectivity index (χ3n) is 1.85. The summed E-state index contributed by atoms with van der Waals surface area (Å²) in [5.41, 5.74) is -0.0217. The number of carboxylic acids is 1. The fourth-order valence-corrected chi connectivity index (χ4v) is 1.13. The summed E-state index contributed by atoms with van der Waals surface area (Å²) in [5, 5.41) is 19.0. The predicted molar refractivity (Wildman–Crippen MR) is 51.5 cm³/mol. The summed E-state index contributed by atoms with van der Waals surface area (Å²) < 4.78 is 17.9. The third-order valence-corrected chi connectivity index (χ3v) is 1.85. The van der Waals surface area contributed by atoms with Crippen molar-refractivity contribution in [3.05, 3.63) is 35.7 Å². The van der Waals surface area contributed by atoms with Gasteiger partial charge < -0.3 is 14.6 Å². The van der Waals surface area contributed by atoms with Crippen LogP contribution < -0.4 is 61.2 Å². The number of carbonyl (C=O) groups excluding carboxylic acids is 1. The second-order valence-electron chi connectivity index (χ2n) is 2.84. The molecule has 0 N–H and O–H groups in total. The van der Waals surface area contributed by atoms with E-state index in [1.54, 1.807) is 6.07 Å². The van der Waals surface area contributed by atoms with E-state index in [4.69, 9.17) is 5.26 Å². The molecule has 0 fully saturated rings. The predicted octanol–water partition coefficient (Wildman–Crippen LogP) is -2.50. The van der Waals surface area contributed by atoms with Crippen molar-refractivity contribution < 1.29 is 70.4 Å². The van der Waals surface area contributed by atoms with E-state index in [9.17, 15) is 14.3 Å². The Morgan fingerprint density at radius 1 is 1.59 bits per heavy atom. The van der Waals surface area contributed by atoms with Gasteiger partial charge in [0, 0.05) is 0 Å². The molecule has 0 heterocycles. The number of rotatable bonds is 3. The molecule has 0 aliphatic carbocycles. The Kier molecular flexibility index (Phi) is 7.26. The van der Waals surface area contributed by atoms with Crippen LogP contribution in [0.4, 0.5) is 4.39 Å². The zero-order valence-corrected chi connectivity index (χ0v) is 12.5. The molecule has 1 rings (SSSR count). The quantitative estimate of drug-likeness (QED) is 0.341. The molecular formula is C11H7FKNO3. The van der Waals surface area contributed by atoms with Crippen molar-refractivity contribution in [1.29, 1.82) is 5.26 Å². The maximum absolute atomic E-state index is 13.3. The van der Waals surface area contributed by atoms with Crippen LogP contribution in [0.1, 0.15) is 5.56 Å². The fraction of sp³-hybridized carbons (Fsp3) is 0.0909. The molecule has 4 nitrogen and oxygen atoms in total. The van der Waals surface area contributed by atoms with Crippen molar-refractivity contribution in [2.45, 2.75) is 0 Å². The van der Waals surface area contributed by atoms with Crippen LogP contribution in [0.2, 0.25) is 0 Å². The molecular weight excluding hydrogens is 252 g/mol. The standard InChI is InChI=1S/C11H8FNO3.K/c1-16-10-3-2-7(4-9(10)12)8(6-13)5-11(14)15;/h2-5H,1H3,(H,14,15);/q;+1/p-1/b8-5-;. The van der Waals surface area contributed by atoms with Gasteiger partial charge in [0.1, 0.15) is 0 Å². The normalized spacial score (nSPS) is 10.1. The van der Waals surface area contributed by atoms with E-state index in [-0.39, 0.29) is 68.3 Å². The van der Waals surface area contributed by atoms with E-state index in [1.807, 2.05) is 0 Å². The number of ether oxygens (including phenoxy) is 1. The van der Waals surface area contributed by atoms with Crippen LogP contribution in [0.3, 0.4) is 0 Å². The summed E-state index contributed by atoms with van der Waals surface area (Å²) in [5.74, 6) is -2.15. The number of allylic oxidation sites excluding steroid dienone is 1. The van der Waals surface area contributed by atoms with Crippen LogP contribution in [-0.2, 0) is 4.79 Å². The van der Waals surface area contributed by atoms with Crippen molar-refractivity contribution >= 4 is 11.5 Å². The van der Waals surface area contributed by atoms with Crippen LogP contribution in [-0.4, -0.2) is 13.1 Å². The van der Waals surface area contributed by atoms with Gasteiger partial charge in [-0.05, 0) is 29.8 Å². The topological polar surface area (TPSA) is 73.1 Å². The molecule has 0 aliphatic rings. The second kappa shape index (κ2) is 7.58. The molecule has 0 unspecified atom stereocenters. The number of aliphatic carboxylic acids is 1. The number of carboxylic acid groups (broad SMARTS) is 1. The van der Waals surface area contributed by atoms with Gasteiger partial charge in [0.2, 0.25) is 0 Å². The largest absolute Gasteiger partial charge is 1.00 e. The van der Waals surface area contributed by atoms with Crippen molar-refractivity contribution in [2.75, 3.05) is 7.11 Å². The van der Waals surface area contributed by atoms with Gasteiger partial charge in [0.05, 0.1) is 24.7 Å². The van der Waals surface area contributed by atoms with E-state index >= 15 is 0 Å². The van der Waals surface area contributed by atoms with E-state index < -0.39 is 11.8 Å². The number of methoxy groups -OCH3 is 1. The number of carbonyl (C=O) groups is 1. The average Bonchev–Trinajstić information content (AvgIpc) is 2.25. The Hall–Kier alpha value is -0.714. The van der Waals surface area contributed by atoms with Gasteiger partial charge in [-0.15, -0.1) is 0 Å². The average molecular weight is 259 g/mol. The van der Waals surface area contributed by atoms with Gasteiger partial charge in [-0.2, -0.15) is 5.26 Å².